The predicted molar refractivity (Wildman–Crippen MR) is 64.9 cm³/mol. The number of hydrogen-bond acceptors (Lipinski definition) is 4. The van der Waals surface area contributed by atoms with Crippen LogP contribution >= 0.6 is 0 Å². The van der Waals surface area contributed by atoms with Crippen molar-refractivity contribution >= 4 is 11.5 Å². The van der Waals surface area contributed by atoms with Gasteiger partial charge in [0.2, 0.25) is 0 Å². The minimum atomic E-state index is -0.463. The highest BCUT2D eigenvalue weighted by Gasteiger charge is 2.14. The highest BCUT2D eigenvalue weighted by atomic mass is 16.6. The van der Waals surface area contributed by atoms with Gasteiger partial charge in [-0.2, -0.15) is 0 Å². The predicted octanol–water partition coefficient (Wildman–Crippen LogP) is 2.62. The number of hydrogen-bond donors (Lipinski definition) is 2. The maximum atomic E-state index is 10.6. The van der Waals surface area contributed by atoms with E-state index in [1.807, 2.05) is 0 Å². The van der Waals surface area contributed by atoms with Crippen LogP contribution in [0.1, 0.15) is 32.1 Å². The number of rotatable bonds is 5. The summed E-state index contributed by atoms with van der Waals surface area (Å²) in [4.78, 5) is 10.2. The van der Waals surface area contributed by atoms with Crippen LogP contribution < -0.4 is 5.32 Å². The largest absolute Gasteiger partial charge is 0.377 e. The van der Waals surface area contributed by atoms with E-state index in [4.69, 9.17) is 0 Å². The van der Waals surface area contributed by atoms with Gasteiger partial charge in [-0.15, -0.1) is 5.10 Å². The van der Waals surface area contributed by atoms with Gasteiger partial charge in [-0.05, 0) is 37.0 Å². The molecule has 0 saturated heterocycles. The Bertz CT molecular complexity index is 425. The highest BCUT2D eigenvalue weighted by molar-refractivity contribution is 5.55. The lowest BCUT2D eigenvalue weighted by molar-refractivity contribution is -0.388. The normalized spacial score (nSPS) is 15.4. The molecule has 6 heteroatoms. The molecule has 1 aromatic rings. The van der Waals surface area contributed by atoms with Crippen LogP contribution in [0.2, 0.25) is 0 Å². The third-order valence-electron chi connectivity index (χ3n) is 2.95. The van der Waals surface area contributed by atoms with E-state index >= 15 is 0 Å². The van der Waals surface area contributed by atoms with E-state index in [1.54, 1.807) is 0 Å². The standard InChI is InChI=1S/C11H16N4O2/c16-15(17)11-10(8-13-14-11)12-7-6-9-4-2-1-3-5-9/h4,8,12H,1-3,5-7H2,(H,13,14). The van der Waals surface area contributed by atoms with Gasteiger partial charge < -0.3 is 15.4 Å². The summed E-state index contributed by atoms with van der Waals surface area (Å²) < 4.78 is 0. The molecule has 1 aromatic heterocycles. The molecule has 92 valence electrons. The van der Waals surface area contributed by atoms with Crippen molar-refractivity contribution in [3.05, 3.63) is 28.0 Å². The third kappa shape index (κ3) is 3.05. The lowest BCUT2D eigenvalue weighted by Crippen LogP contribution is -2.05. The van der Waals surface area contributed by atoms with Crippen molar-refractivity contribution in [2.45, 2.75) is 32.1 Å². The zero-order valence-electron chi connectivity index (χ0n) is 9.61. The Kier molecular flexibility index (Phi) is 3.74. The van der Waals surface area contributed by atoms with E-state index in [0.29, 0.717) is 12.2 Å². The molecular formula is C11H16N4O2. The second-order valence-corrected chi connectivity index (χ2v) is 4.17. The maximum absolute atomic E-state index is 10.6. The number of nitrogens with one attached hydrogen (secondary N) is 2. The smallest absolute Gasteiger partial charge is 0.366 e. The second kappa shape index (κ2) is 5.47. The van der Waals surface area contributed by atoms with Crippen molar-refractivity contribution in [3.63, 3.8) is 0 Å². The SMILES string of the molecule is O=[N+]([O-])c1[nH]ncc1NCCC1=CCCCC1. The molecule has 0 saturated carbocycles. The Balaban J connectivity index is 1.83. The minimum absolute atomic E-state index is 0.0670. The van der Waals surface area contributed by atoms with Crippen molar-refractivity contribution in [1.29, 1.82) is 0 Å². The molecule has 0 spiro atoms. The van der Waals surface area contributed by atoms with Crippen molar-refractivity contribution in [1.82, 2.24) is 10.2 Å². The quantitative estimate of drug-likeness (QED) is 0.467. The van der Waals surface area contributed by atoms with Gasteiger partial charge in [-0.3, -0.25) is 0 Å². The van der Waals surface area contributed by atoms with Crippen LogP contribution in [0.3, 0.4) is 0 Å². The first-order valence-corrected chi connectivity index (χ1v) is 5.87. The van der Waals surface area contributed by atoms with Crippen molar-refractivity contribution in [3.8, 4) is 0 Å². The molecule has 1 heterocycles. The average Bonchev–Trinajstić information content (AvgIpc) is 2.79. The van der Waals surface area contributed by atoms with E-state index in [-0.39, 0.29) is 5.82 Å². The van der Waals surface area contributed by atoms with Gasteiger partial charge in [-0.1, -0.05) is 16.7 Å². The fourth-order valence-corrected chi connectivity index (χ4v) is 2.04. The van der Waals surface area contributed by atoms with Crippen molar-refractivity contribution < 1.29 is 4.92 Å². The van der Waals surface area contributed by atoms with Gasteiger partial charge in [0.1, 0.15) is 6.20 Å². The second-order valence-electron chi connectivity index (χ2n) is 4.17. The zero-order chi connectivity index (χ0) is 12.1. The summed E-state index contributed by atoms with van der Waals surface area (Å²) in [6.07, 6.45) is 9.56. The summed E-state index contributed by atoms with van der Waals surface area (Å²) in [5, 5.41) is 19.7. The number of aromatic nitrogens is 2. The fourth-order valence-electron chi connectivity index (χ4n) is 2.04. The lowest BCUT2D eigenvalue weighted by Gasteiger charge is -2.12. The van der Waals surface area contributed by atoms with E-state index in [2.05, 4.69) is 21.6 Å². The summed E-state index contributed by atoms with van der Waals surface area (Å²) in [6, 6.07) is 0. The monoisotopic (exact) mass is 236 g/mol. The van der Waals surface area contributed by atoms with Gasteiger partial charge in [0.05, 0.1) is 0 Å². The molecule has 2 N–H and O–H groups in total. The number of nitrogens with zero attached hydrogens (tertiary/aromatic N) is 2. The summed E-state index contributed by atoms with van der Waals surface area (Å²) in [5.74, 6) is -0.0670. The van der Waals surface area contributed by atoms with Crippen LogP contribution in [-0.2, 0) is 0 Å². The molecule has 6 nitrogen and oxygen atoms in total. The number of anilines is 1. The molecule has 0 unspecified atom stereocenters. The Morgan fingerprint density at radius 3 is 3.12 bits per heavy atom. The molecule has 2 rings (SSSR count). The van der Waals surface area contributed by atoms with Gasteiger partial charge >= 0.3 is 5.82 Å². The molecule has 0 aliphatic heterocycles. The van der Waals surface area contributed by atoms with Crippen LogP contribution in [0, 0.1) is 10.1 Å². The Morgan fingerprint density at radius 2 is 2.41 bits per heavy atom. The Labute approximate surface area is 99.3 Å². The summed E-state index contributed by atoms with van der Waals surface area (Å²) in [5.41, 5.74) is 1.92. The third-order valence-corrected chi connectivity index (χ3v) is 2.95. The molecule has 0 atom stereocenters. The summed E-state index contributed by atoms with van der Waals surface area (Å²) in [7, 11) is 0. The molecule has 1 aliphatic carbocycles. The van der Waals surface area contributed by atoms with Crippen LogP contribution in [0.4, 0.5) is 11.5 Å². The van der Waals surface area contributed by atoms with E-state index < -0.39 is 4.92 Å². The summed E-state index contributed by atoms with van der Waals surface area (Å²) >= 11 is 0. The number of aromatic amines is 1. The molecule has 0 amide bonds. The average molecular weight is 236 g/mol. The molecule has 1 aliphatic rings. The van der Waals surface area contributed by atoms with Crippen molar-refractivity contribution in [2.75, 3.05) is 11.9 Å². The molecule has 0 bridgehead atoms. The topological polar surface area (TPSA) is 83.8 Å². The number of H-pyrrole nitrogens is 1. The van der Waals surface area contributed by atoms with Gasteiger partial charge in [0.15, 0.2) is 5.69 Å². The maximum Gasteiger partial charge on any atom is 0.366 e. The number of allylic oxidation sites excluding steroid dienone is 1. The Morgan fingerprint density at radius 1 is 1.53 bits per heavy atom. The molecule has 17 heavy (non-hydrogen) atoms. The molecular weight excluding hydrogens is 220 g/mol. The van der Waals surface area contributed by atoms with Gasteiger partial charge in [0, 0.05) is 6.54 Å². The van der Waals surface area contributed by atoms with Gasteiger partial charge in [-0.25, -0.2) is 0 Å². The highest BCUT2D eigenvalue weighted by Crippen LogP contribution is 2.22. The summed E-state index contributed by atoms with van der Waals surface area (Å²) in [6.45, 7) is 0.714. The molecule has 0 radical (unpaired) electrons. The van der Waals surface area contributed by atoms with Crippen LogP contribution in [0.25, 0.3) is 0 Å². The van der Waals surface area contributed by atoms with Crippen LogP contribution in [0.5, 0.6) is 0 Å². The first-order valence-electron chi connectivity index (χ1n) is 5.87. The molecule has 0 fully saturated rings. The van der Waals surface area contributed by atoms with E-state index in [1.165, 1.54) is 31.0 Å². The zero-order valence-corrected chi connectivity index (χ0v) is 9.61. The molecule has 0 aromatic carbocycles. The van der Waals surface area contributed by atoms with Crippen molar-refractivity contribution in [2.24, 2.45) is 0 Å². The van der Waals surface area contributed by atoms with Crippen LogP contribution in [0.15, 0.2) is 17.8 Å². The van der Waals surface area contributed by atoms with E-state index in [0.717, 1.165) is 12.8 Å². The van der Waals surface area contributed by atoms with E-state index in [9.17, 15) is 10.1 Å². The minimum Gasteiger partial charge on any atom is -0.377 e. The number of nitro groups is 1. The first-order chi connectivity index (χ1) is 8.27. The first kappa shape index (κ1) is 11.6. The van der Waals surface area contributed by atoms with Gasteiger partial charge in [0.25, 0.3) is 0 Å². The lowest BCUT2D eigenvalue weighted by atomic mass is 9.97. The fraction of sp³-hybridized carbons (Fsp3) is 0.545. The Hall–Kier alpha value is -1.85. The van der Waals surface area contributed by atoms with Crippen LogP contribution in [-0.4, -0.2) is 21.7 Å².